The highest BCUT2D eigenvalue weighted by atomic mass is 14.9. The Morgan fingerprint density at radius 2 is 1.94 bits per heavy atom. The molecule has 1 atom stereocenters. The Morgan fingerprint density at radius 3 is 2.56 bits per heavy atom. The van der Waals surface area contributed by atoms with Crippen molar-refractivity contribution in [3.63, 3.8) is 0 Å². The van der Waals surface area contributed by atoms with Gasteiger partial charge in [-0.25, -0.2) is 9.97 Å². The van der Waals surface area contributed by atoms with Gasteiger partial charge in [0.05, 0.1) is 0 Å². The minimum absolute atomic E-state index is 0.421. The molecule has 3 nitrogen and oxygen atoms in total. The fourth-order valence-corrected chi connectivity index (χ4v) is 2.67. The van der Waals surface area contributed by atoms with Gasteiger partial charge < -0.3 is 5.32 Å². The van der Waals surface area contributed by atoms with Crippen molar-refractivity contribution >= 4 is 0 Å². The molecule has 0 aromatic carbocycles. The van der Waals surface area contributed by atoms with Gasteiger partial charge in [0.1, 0.15) is 6.33 Å². The summed E-state index contributed by atoms with van der Waals surface area (Å²) in [5.74, 6) is 0.881. The standard InChI is InChI=1S/C13H21N3/c1-14-13(12-8-15-10-16-9-12)7-11-5-3-2-4-6-11/h8-11,13-14H,2-7H2,1H3. The molecule has 1 fully saturated rings. The third-order valence-corrected chi connectivity index (χ3v) is 3.63. The van der Waals surface area contributed by atoms with Gasteiger partial charge in [-0.05, 0) is 19.4 Å². The van der Waals surface area contributed by atoms with Crippen LogP contribution in [0.25, 0.3) is 0 Å². The average Bonchev–Trinajstić information content (AvgIpc) is 2.38. The minimum Gasteiger partial charge on any atom is -0.313 e. The molecule has 0 saturated heterocycles. The summed E-state index contributed by atoms with van der Waals surface area (Å²) in [6, 6.07) is 0.421. The van der Waals surface area contributed by atoms with Gasteiger partial charge in [0.25, 0.3) is 0 Å². The van der Waals surface area contributed by atoms with Gasteiger partial charge in [-0.1, -0.05) is 32.1 Å². The van der Waals surface area contributed by atoms with E-state index >= 15 is 0 Å². The van der Waals surface area contributed by atoms with Crippen LogP contribution in [0.2, 0.25) is 0 Å². The number of hydrogen-bond acceptors (Lipinski definition) is 3. The van der Waals surface area contributed by atoms with Crippen LogP contribution in [0.1, 0.15) is 50.1 Å². The van der Waals surface area contributed by atoms with Gasteiger partial charge in [-0.15, -0.1) is 0 Å². The Balaban J connectivity index is 1.94. The normalized spacial score (nSPS) is 19.6. The molecular formula is C13H21N3. The van der Waals surface area contributed by atoms with E-state index < -0.39 is 0 Å². The molecule has 0 aliphatic heterocycles. The SMILES string of the molecule is CNC(CC1CCCCC1)c1cncnc1. The Kier molecular flexibility index (Phi) is 4.28. The Labute approximate surface area is 97.7 Å². The number of nitrogens with zero attached hydrogens (tertiary/aromatic N) is 2. The predicted octanol–water partition coefficient (Wildman–Crippen LogP) is 2.71. The molecule has 1 aromatic rings. The first-order chi connectivity index (χ1) is 7.90. The highest BCUT2D eigenvalue weighted by Gasteiger charge is 2.19. The molecule has 1 aromatic heterocycles. The lowest BCUT2D eigenvalue weighted by Gasteiger charge is -2.26. The fraction of sp³-hybridized carbons (Fsp3) is 0.692. The zero-order chi connectivity index (χ0) is 11.2. The second-order valence-corrected chi connectivity index (χ2v) is 4.75. The molecule has 1 unspecified atom stereocenters. The first kappa shape index (κ1) is 11.5. The molecule has 0 bridgehead atoms. The second kappa shape index (κ2) is 5.94. The monoisotopic (exact) mass is 219 g/mol. The summed E-state index contributed by atoms with van der Waals surface area (Å²) >= 11 is 0. The largest absolute Gasteiger partial charge is 0.313 e. The zero-order valence-corrected chi connectivity index (χ0v) is 10.0. The van der Waals surface area contributed by atoms with E-state index in [1.807, 2.05) is 19.4 Å². The van der Waals surface area contributed by atoms with Crippen LogP contribution in [0.5, 0.6) is 0 Å². The summed E-state index contributed by atoms with van der Waals surface area (Å²) in [4.78, 5) is 8.19. The van der Waals surface area contributed by atoms with Crippen molar-refractivity contribution in [1.29, 1.82) is 0 Å². The van der Waals surface area contributed by atoms with Crippen molar-refractivity contribution in [1.82, 2.24) is 15.3 Å². The van der Waals surface area contributed by atoms with Crippen LogP contribution >= 0.6 is 0 Å². The Morgan fingerprint density at radius 1 is 1.25 bits per heavy atom. The van der Waals surface area contributed by atoms with Gasteiger partial charge in [0, 0.05) is 24.0 Å². The topological polar surface area (TPSA) is 37.8 Å². The van der Waals surface area contributed by atoms with Crippen molar-refractivity contribution in [2.24, 2.45) is 5.92 Å². The Hall–Kier alpha value is -0.960. The van der Waals surface area contributed by atoms with Gasteiger partial charge in [0.15, 0.2) is 0 Å². The van der Waals surface area contributed by atoms with Crippen LogP contribution in [0.15, 0.2) is 18.7 Å². The van der Waals surface area contributed by atoms with E-state index in [0.717, 1.165) is 5.92 Å². The quantitative estimate of drug-likeness (QED) is 0.846. The maximum Gasteiger partial charge on any atom is 0.115 e. The van der Waals surface area contributed by atoms with Crippen molar-refractivity contribution < 1.29 is 0 Å². The average molecular weight is 219 g/mol. The molecule has 1 saturated carbocycles. The highest BCUT2D eigenvalue weighted by molar-refractivity contribution is 5.09. The fourth-order valence-electron chi connectivity index (χ4n) is 2.67. The van der Waals surface area contributed by atoms with Crippen LogP contribution in [-0.4, -0.2) is 17.0 Å². The minimum atomic E-state index is 0.421. The highest BCUT2D eigenvalue weighted by Crippen LogP contribution is 2.31. The first-order valence-corrected chi connectivity index (χ1v) is 6.32. The van der Waals surface area contributed by atoms with E-state index in [1.165, 1.54) is 44.1 Å². The molecule has 88 valence electrons. The van der Waals surface area contributed by atoms with Gasteiger partial charge in [-0.3, -0.25) is 0 Å². The van der Waals surface area contributed by atoms with Crippen LogP contribution in [0.4, 0.5) is 0 Å². The van der Waals surface area contributed by atoms with E-state index in [4.69, 9.17) is 0 Å². The third kappa shape index (κ3) is 3.01. The van der Waals surface area contributed by atoms with E-state index in [-0.39, 0.29) is 0 Å². The van der Waals surface area contributed by atoms with Crippen molar-refractivity contribution in [2.75, 3.05) is 7.05 Å². The molecule has 0 amide bonds. The lowest BCUT2D eigenvalue weighted by atomic mass is 9.84. The van der Waals surface area contributed by atoms with Crippen molar-refractivity contribution in [2.45, 2.75) is 44.6 Å². The summed E-state index contributed by atoms with van der Waals surface area (Å²) in [7, 11) is 2.03. The molecule has 1 aliphatic rings. The Bertz CT molecular complexity index is 293. The zero-order valence-electron chi connectivity index (χ0n) is 10.0. The molecule has 1 aliphatic carbocycles. The van der Waals surface area contributed by atoms with E-state index in [2.05, 4.69) is 15.3 Å². The second-order valence-electron chi connectivity index (χ2n) is 4.75. The van der Waals surface area contributed by atoms with E-state index in [0.29, 0.717) is 6.04 Å². The van der Waals surface area contributed by atoms with Gasteiger partial charge in [-0.2, -0.15) is 0 Å². The number of aromatic nitrogens is 2. The lowest BCUT2D eigenvalue weighted by Crippen LogP contribution is -2.21. The summed E-state index contributed by atoms with van der Waals surface area (Å²) in [6.07, 6.45) is 13.7. The van der Waals surface area contributed by atoms with Crippen molar-refractivity contribution in [3.05, 3.63) is 24.3 Å². The number of nitrogens with one attached hydrogen (secondary N) is 1. The molecule has 0 spiro atoms. The summed E-state index contributed by atoms with van der Waals surface area (Å²) < 4.78 is 0. The van der Waals surface area contributed by atoms with E-state index in [9.17, 15) is 0 Å². The number of rotatable bonds is 4. The van der Waals surface area contributed by atoms with Gasteiger partial charge in [0.2, 0.25) is 0 Å². The molecule has 3 heteroatoms. The third-order valence-electron chi connectivity index (χ3n) is 3.63. The first-order valence-electron chi connectivity index (χ1n) is 6.32. The maximum absolute atomic E-state index is 4.10. The summed E-state index contributed by atoms with van der Waals surface area (Å²) in [6.45, 7) is 0. The molecular weight excluding hydrogens is 198 g/mol. The van der Waals surface area contributed by atoms with Crippen LogP contribution in [-0.2, 0) is 0 Å². The number of hydrogen-bond donors (Lipinski definition) is 1. The van der Waals surface area contributed by atoms with Crippen molar-refractivity contribution in [3.8, 4) is 0 Å². The van der Waals surface area contributed by atoms with Crippen LogP contribution in [0, 0.1) is 5.92 Å². The summed E-state index contributed by atoms with van der Waals surface area (Å²) in [5, 5.41) is 3.39. The van der Waals surface area contributed by atoms with Gasteiger partial charge >= 0.3 is 0 Å². The van der Waals surface area contributed by atoms with E-state index in [1.54, 1.807) is 6.33 Å². The smallest absolute Gasteiger partial charge is 0.115 e. The molecule has 0 radical (unpaired) electrons. The molecule has 16 heavy (non-hydrogen) atoms. The van der Waals surface area contributed by atoms with Crippen LogP contribution in [0.3, 0.4) is 0 Å². The molecule has 1 heterocycles. The predicted molar refractivity (Wildman–Crippen MR) is 65.0 cm³/mol. The van der Waals surface area contributed by atoms with Crippen LogP contribution < -0.4 is 5.32 Å². The molecule has 1 N–H and O–H groups in total. The summed E-state index contributed by atoms with van der Waals surface area (Å²) in [5.41, 5.74) is 1.22. The maximum atomic E-state index is 4.10. The molecule has 2 rings (SSSR count). The lowest BCUT2D eigenvalue weighted by molar-refractivity contribution is 0.305.